The van der Waals surface area contributed by atoms with E-state index < -0.39 is 23.0 Å². The van der Waals surface area contributed by atoms with E-state index in [1.807, 2.05) is 19.9 Å². The van der Waals surface area contributed by atoms with Crippen LogP contribution in [0, 0.1) is 0 Å². The van der Waals surface area contributed by atoms with Crippen LogP contribution in [0.25, 0.3) is 10.9 Å². The van der Waals surface area contributed by atoms with Crippen molar-refractivity contribution < 1.29 is 14.7 Å². The van der Waals surface area contributed by atoms with Gasteiger partial charge in [0.15, 0.2) is 0 Å². The monoisotopic (exact) mass is 398 g/mol. The van der Waals surface area contributed by atoms with Gasteiger partial charge in [-0.15, -0.1) is 0 Å². The molecule has 0 aliphatic heterocycles. The minimum absolute atomic E-state index is 0.162. The van der Waals surface area contributed by atoms with Crippen LogP contribution < -0.4 is 10.7 Å². The zero-order valence-electron chi connectivity index (χ0n) is 15.5. The average molecular weight is 399 g/mol. The highest BCUT2D eigenvalue weighted by Crippen LogP contribution is 2.30. The van der Waals surface area contributed by atoms with E-state index in [2.05, 4.69) is 5.32 Å². The molecule has 0 unspecified atom stereocenters. The Morgan fingerprint density at radius 2 is 1.82 bits per heavy atom. The van der Waals surface area contributed by atoms with Crippen molar-refractivity contribution >= 4 is 40.2 Å². The lowest BCUT2D eigenvalue weighted by Gasteiger charge is -2.18. The van der Waals surface area contributed by atoms with Crippen molar-refractivity contribution in [1.29, 1.82) is 0 Å². The van der Waals surface area contributed by atoms with E-state index in [1.165, 1.54) is 6.07 Å². The highest BCUT2D eigenvalue weighted by Gasteiger charge is 2.19. The number of amides is 1. The van der Waals surface area contributed by atoms with Crippen molar-refractivity contribution in [3.8, 4) is 0 Å². The van der Waals surface area contributed by atoms with Crippen molar-refractivity contribution in [2.24, 2.45) is 0 Å². The summed E-state index contributed by atoms with van der Waals surface area (Å²) in [7, 11) is 0. The third kappa shape index (κ3) is 3.39. The summed E-state index contributed by atoms with van der Waals surface area (Å²) in [4.78, 5) is 37.0. The average Bonchev–Trinajstić information content (AvgIpc) is 2.68. The van der Waals surface area contributed by atoms with Crippen LogP contribution in [0.3, 0.4) is 0 Å². The van der Waals surface area contributed by atoms with Crippen molar-refractivity contribution in [2.45, 2.75) is 26.7 Å². The Morgan fingerprint density at radius 1 is 1.11 bits per heavy atom. The van der Waals surface area contributed by atoms with Crippen molar-refractivity contribution in [1.82, 2.24) is 4.57 Å². The number of hydrogen-bond donors (Lipinski definition) is 2. The number of aromatic carboxylic acids is 1. The van der Waals surface area contributed by atoms with Gasteiger partial charge < -0.3 is 10.4 Å². The molecule has 3 aromatic rings. The van der Waals surface area contributed by atoms with Gasteiger partial charge in [-0.3, -0.25) is 9.36 Å². The largest absolute Gasteiger partial charge is 0.477 e. The molecule has 0 saturated carbocycles. The maximum absolute atomic E-state index is 13.1. The summed E-state index contributed by atoms with van der Waals surface area (Å²) in [5, 5.41) is 12.9. The molecule has 28 heavy (non-hydrogen) atoms. The zero-order valence-corrected chi connectivity index (χ0v) is 16.2. The number of carboxylic acids is 1. The second kappa shape index (κ2) is 7.86. The van der Waals surface area contributed by atoms with E-state index in [0.29, 0.717) is 29.1 Å². The summed E-state index contributed by atoms with van der Waals surface area (Å²) in [6, 6.07) is 9.49. The molecule has 0 aliphatic carbocycles. The number of anilines is 1. The molecule has 0 radical (unpaired) electrons. The van der Waals surface area contributed by atoms with Gasteiger partial charge in [0, 0.05) is 16.6 Å². The van der Waals surface area contributed by atoms with E-state index in [9.17, 15) is 19.5 Å². The number of para-hydroxylation sites is 1. The Morgan fingerprint density at radius 3 is 2.46 bits per heavy atom. The fourth-order valence-corrected chi connectivity index (χ4v) is 3.52. The quantitative estimate of drug-likeness (QED) is 0.674. The van der Waals surface area contributed by atoms with Crippen LogP contribution in [0.15, 0.2) is 47.4 Å². The summed E-state index contributed by atoms with van der Waals surface area (Å²) in [6.45, 7) is 3.91. The molecule has 144 valence electrons. The summed E-state index contributed by atoms with van der Waals surface area (Å²) >= 11 is 6.29. The first-order valence-electron chi connectivity index (χ1n) is 8.88. The number of carbonyl (C=O) groups is 2. The predicted octanol–water partition coefficient (Wildman–Crippen LogP) is 4.56. The lowest BCUT2D eigenvalue weighted by atomic mass is 10.0. The molecule has 0 saturated heterocycles. The number of pyridine rings is 1. The molecule has 0 bridgehead atoms. The van der Waals surface area contributed by atoms with Gasteiger partial charge in [-0.25, -0.2) is 9.59 Å². The lowest BCUT2D eigenvalue weighted by Crippen LogP contribution is -2.26. The van der Waals surface area contributed by atoms with Crippen LogP contribution in [-0.4, -0.2) is 21.7 Å². The van der Waals surface area contributed by atoms with E-state index >= 15 is 0 Å². The Bertz CT molecular complexity index is 1150. The number of aryl methyl sites for hydroxylation is 1. The van der Waals surface area contributed by atoms with E-state index in [1.54, 1.807) is 24.3 Å². The molecule has 2 N–H and O–H groups in total. The molecule has 0 atom stereocenters. The Labute approximate surface area is 166 Å². The van der Waals surface area contributed by atoms with Gasteiger partial charge in [0.05, 0.1) is 11.2 Å². The molecule has 1 amide bonds. The van der Waals surface area contributed by atoms with Gasteiger partial charge in [-0.1, -0.05) is 43.6 Å². The number of nitrogens with one attached hydrogen (secondary N) is 1. The van der Waals surface area contributed by atoms with Crippen LogP contribution in [0.2, 0.25) is 5.02 Å². The molecule has 1 heterocycles. The van der Waals surface area contributed by atoms with Gasteiger partial charge in [0.1, 0.15) is 5.56 Å². The minimum Gasteiger partial charge on any atom is -0.477 e. The predicted molar refractivity (Wildman–Crippen MR) is 110 cm³/mol. The highest BCUT2D eigenvalue weighted by atomic mass is 35.5. The third-order valence-corrected chi connectivity index (χ3v) is 5.02. The number of aromatic nitrogens is 1. The smallest absolute Gasteiger partial charge is 0.341 e. The standard InChI is InChI=1S/C21H19ClN2O4/c1-3-12-9-10-16(22)13(4-2)18(12)23-21(28)24-11-15(20(26)27)19(25)14-7-5-6-8-17(14)24/h5-11H,3-4H2,1-2H3,(H,23,28)(H,26,27). The first-order chi connectivity index (χ1) is 13.4. The van der Waals surface area contributed by atoms with Crippen LogP contribution in [0.4, 0.5) is 10.5 Å². The maximum atomic E-state index is 13.1. The number of carbonyl (C=O) groups excluding carboxylic acids is 1. The molecule has 0 spiro atoms. The molecule has 1 aromatic heterocycles. The van der Waals surface area contributed by atoms with Crippen LogP contribution in [-0.2, 0) is 12.8 Å². The third-order valence-electron chi connectivity index (χ3n) is 4.67. The second-order valence-electron chi connectivity index (χ2n) is 6.26. The number of benzene rings is 2. The van der Waals surface area contributed by atoms with Gasteiger partial charge in [0.2, 0.25) is 5.43 Å². The van der Waals surface area contributed by atoms with E-state index in [4.69, 9.17) is 11.6 Å². The van der Waals surface area contributed by atoms with Crippen molar-refractivity contribution in [2.75, 3.05) is 5.32 Å². The molecule has 3 rings (SSSR count). The van der Waals surface area contributed by atoms with Gasteiger partial charge in [0.25, 0.3) is 0 Å². The van der Waals surface area contributed by atoms with Crippen LogP contribution in [0.1, 0.15) is 35.3 Å². The topological polar surface area (TPSA) is 88.4 Å². The molecule has 7 heteroatoms. The van der Waals surface area contributed by atoms with Gasteiger partial charge >= 0.3 is 12.0 Å². The van der Waals surface area contributed by atoms with Crippen molar-refractivity contribution in [3.63, 3.8) is 0 Å². The van der Waals surface area contributed by atoms with Crippen LogP contribution >= 0.6 is 11.6 Å². The Kier molecular flexibility index (Phi) is 5.51. The van der Waals surface area contributed by atoms with E-state index in [-0.39, 0.29) is 5.39 Å². The van der Waals surface area contributed by atoms with Crippen molar-refractivity contribution in [3.05, 3.63) is 74.5 Å². The van der Waals surface area contributed by atoms with Gasteiger partial charge in [-0.05, 0) is 42.2 Å². The number of carboxylic acid groups (broad SMARTS) is 1. The number of fused-ring (bicyclic) bond motifs is 1. The normalized spacial score (nSPS) is 10.8. The van der Waals surface area contributed by atoms with E-state index in [0.717, 1.165) is 21.9 Å². The summed E-state index contributed by atoms with van der Waals surface area (Å²) in [5.41, 5.74) is 1.57. The maximum Gasteiger partial charge on any atom is 0.341 e. The molecule has 0 fully saturated rings. The first-order valence-corrected chi connectivity index (χ1v) is 9.26. The summed E-state index contributed by atoms with van der Waals surface area (Å²) in [6.07, 6.45) is 2.36. The van der Waals surface area contributed by atoms with Gasteiger partial charge in [-0.2, -0.15) is 0 Å². The first kappa shape index (κ1) is 19.6. The lowest BCUT2D eigenvalue weighted by molar-refractivity contribution is 0.0695. The molecule has 6 nitrogen and oxygen atoms in total. The SMILES string of the molecule is CCc1ccc(Cl)c(CC)c1NC(=O)n1cc(C(=O)O)c(=O)c2ccccc21. The molecular formula is C21H19ClN2O4. The fourth-order valence-electron chi connectivity index (χ4n) is 3.23. The summed E-state index contributed by atoms with van der Waals surface area (Å²) < 4.78 is 1.15. The number of halogens is 1. The Hall–Kier alpha value is -3.12. The number of rotatable bonds is 4. The number of nitrogens with zero attached hydrogens (tertiary/aromatic N) is 1. The summed E-state index contributed by atoms with van der Waals surface area (Å²) in [5.74, 6) is -1.39. The molecular weight excluding hydrogens is 380 g/mol. The minimum atomic E-state index is -1.39. The zero-order chi connectivity index (χ0) is 20.4. The number of hydrogen-bond acceptors (Lipinski definition) is 3. The fraction of sp³-hybridized carbons (Fsp3) is 0.190. The highest BCUT2D eigenvalue weighted by molar-refractivity contribution is 6.32. The molecule has 0 aliphatic rings. The Balaban J connectivity index is 2.19. The van der Waals surface area contributed by atoms with Crippen LogP contribution in [0.5, 0.6) is 0 Å². The second-order valence-corrected chi connectivity index (χ2v) is 6.67. The molecule has 2 aromatic carbocycles.